The molecule has 1 amide bonds. The summed E-state index contributed by atoms with van der Waals surface area (Å²) >= 11 is 7.91. The fourth-order valence-electron chi connectivity index (χ4n) is 4.46. The Morgan fingerprint density at radius 3 is 2.77 bits per heavy atom. The van der Waals surface area contributed by atoms with Crippen molar-refractivity contribution in [2.24, 2.45) is 0 Å². The highest BCUT2D eigenvalue weighted by molar-refractivity contribution is 7.22. The van der Waals surface area contributed by atoms with Crippen molar-refractivity contribution in [3.05, 3.63) is 65.2 Å². The van der Waals surface area contributed by atoms with E-state index < -0.39 is 0 Å². The number of hydrogen-bond acceptors (Lipinski definition) is 6. The topological polar surface area (TPSA) is 54.9 Å². The van der Waals surface area contributed by atoms with Crippen LogP contribution in [0.1, 0.15) is 23.7 Å². The van der Waals surface area contributed by atoms with Gasteiger partial charge in [0, 0.05) is 26.2 Å². The lowest BCUT2D eigenvalue weighted by atomic mass is 10.0. The molecule has 1 fully saturated rings. The van der Waals surface area contributed by atoms with Gasteiger partial charge in [0.15, 0.2) is 5.13 Å². The first-order valence-electron chi connectivity index (χ1n) is 12.0. The molecular formula is C27H28ClN3O3S. The predicted molar refractivity (Wildman–Crippen MR) is 143 cm³/mol. The number of amides is 1. The molecule has 0 atom stereocenters. The van der Waals surface area contributed by atoms with Crippen LogP contribution in [-0.2, 0) is 4.74 Å². The summed E-state index contributed by atoms with van der Waals surface area (Å²) in [5, 5.41) is 3.11. The van der Waals surface area contributed by atoms with Crippen molar-refractivity contribution >= 4 is 55.0 Å². The number of aromatic nitrogens is 1. The van der Waals surface area contributed by atoms with Crippen molar-refractivity contribution in [3.8, 4) is 5.75 Å². The van der Waals surface area contributed by atoms with Gasteiger partial charge in [0.1, 0.15) is 11.3 Å². The van der Waals surface area contributed by atoms with Crippen LogP contribution >= 0.6 is 22.9 Å². The average Bonchev–Trinajstić information content (AvgIpc) is 3.32. The number of thiazole rings is 1. The number of benzene rings is 3. The zero-order valence-electron chi connectivity index (χ0n) is 19.7. The number of anilines is 1. The van der Waals surface area contributed by atoms with E-state index in [0.717, 1.165) is 60.3 Å². The molecular weight excluding hydrogens is 482 g/mol. The number of rotatable bonds is 8. The molecule has 0 radical (unpaired) electrons. The van der Waals surface area contributed by atoms with Crippen LogP contribution in [-0.4, -0.2) is 61.8 Å². The van der Waals surface area contributed by atoms with Crippen molar-refractivity contribution in [1.29, 1.82) is 0 Å². The number of carbonyl (C=O) groups excluding carboxylic acids is 1. The maximum Gasteiger partial charge on any atom is 0.264 e. The van der Waals surface area contributed by atoms with Gasteiger partial charge in [0.05, 0.1) is 35.1 Å². The molecule has 5 rings (SSSR count). The van der Waals surface area contributed by atoms with Crippen LogP contribution in [0.3, 0.4) is 0 Å². The van der Waals surface area contributed by atoms with Crippen molar-refractivity contribution in [1.82, 2.24) is 9.88 Å². The van der Waals surface area contributed by atoms with E-state index >= 15 is 0 Å². The minimum absolute atomic E-state index is 0.109. The van der Waals surface area contributed by atoms with Gasteiger partial charge in [0.25, 0.3) is 5.91 Å². The molecule has 1 aromatic heterocycles. The van der Waals surface area contributed by atoms with Crippen molar-refractivity contribution in [2.45, 2.75) is 13.3 Å². The zero-order valence-corrected chi connectivity index (χ0v) is 21.3. The molecule has 6 nitrogen and oxygen atoms in total. The Labute approximate surface area is 214 Å². The highest BCUT2D eigenvalue weighted by Crippen LogP contribution is 2.36. The van der Waals surface area contributed by atoms with Gasteiger partial charge in [0.2, 0.25) is 0 Å². The monoisotopic (exact) mass is 509 g/mol. The van der Waals surface area contributed by atoms with Crippen LogP contribution in [0.2, 0.25) is 5.02 Å². The van der Waals surface area contributed by atoms with E-state index in [0.29, 0.717) is 34.6 Å². The standard InChI is InChI=1S/C27H28ClN3O3S/c1-2-34-22-12-11-19-7-3-4-8-20(19)24(22)26(32)31(14-6-13-30-15-17-33-18-16-30)27-29-25-21(28)9-5-10-23(25)35-27/h3-5,7-12H,2,6,13-18H2,1H3. The quantitative estimate of drug-likeness (QED) is 0.297. The molecule has 0 N–H and O–H groups in total. The van der Waals surface area contributed by atoms with Crippen LogP contribution in [0.25, 0.3) is 21.0 Å². The largest absolute Gasteiger partial charge is 0.493 e. The second-order valence-corrected chi connectivity index (χ2v) is 9.86. The van der Waals surface area contributed by atoms with Gasteiger partial charge < -0.3 is 9.47 Å². The first-order valence-corrected chi connectivity index (χ1v) is 13.2. The van der Waals surface area contributed by atoms with Gasteiger partial charge in [-0.25, -0.2) is 4.98 Å². The number of nitrogens with zero attached hydrogens (tertiary/aromatic N) is 3. The lowest BCUT2D eigenvalue weighted by molar-refractivity contribution is 0.0376. The molecule has 0 spiro atoms. The fraction of sp³-hybridized carbons (Fsp3) is 0.333. The molecule has 3 aromatic carbocycles. The third-order valence-electron chi connectivity index (χ3n) is 6.20. The summed E-state index contributed by atoms with van der Waals surface area (Å²) in [5.74, 6) is 0.482. The summed E-state index contributed by atoms with van der Waals surface area (Å²) in [6, 6.07) is 17.5. The summed E-state index contributed by atoms with van der Waals surface area (Å²) in [7, 11) is 0. The molecule has 8 heteroatoms. The molecule has 1 aliphatic rings. The van der Waals surface area contributed by atoms with E-state index in [1.165, 1.54) is 11.3 Å². The third kappa shape index (κ3) is 5.14. The normalized spacial score (nSPS) is 14.5. The molecule has 2 heterocycles. The number of ether oxygens (including phenoxy) is 2. The first kappa shape index (κ1) is 24.0. The third-order valence-corrected chi connectivity index (χ3v) is 7.55. The molecule has 1 aliphatic heterocycles. The second-order valence-electron chi connectivity index (χ2n) is 8.44. The second kappa shape index (κ2) is 10.9. The van der Waals surface area contributed by atoms with Crippen molar-refractivity contribution in [3.63, 3.8) is 0 Å². The van der Waals surface area contributed by atoms with E-state index in [4.69, 9.17) is 26.1 Å². The zero-order chi connectivity index (χ0) is 24.2. The van der Waals surface area contributed by atoms with Gasteiger partial charge in [-0.3, -0.25) is 14.6 Å². The number of morpholine rings is 1. The van der Waals surface area contributed by atoms with Crippen LogP contribution in [0.5, 0.6) is 5.75 Å². The molecule has 182 valence electrons. The summed E-state index contributed by atoms with van der Waals surface area (Å²) in [6.07, 6.45) is 0.824. The Bertz CT molecular complexity index is 1340. The van der Waals surface area contributed by atoms with Gasteiger partial charge >= 0.3 is 0 Å². The van der Waals surface area contributed by atoms with E-state index in [1.807, 2.05) is 61.5 Å². The number of hydrogen-bond donors (Lipinski definition) is 0. The Balaban J connectivity index is 1.53. The molecule has 0 bridgehead atoms. The minimum atomic E-state index is -0.109. The van der Waals surface area contributed by atoms with E-state index in [2.05, 4.69) is 4.90 Å². The molecule has 4 aromatic rings. The number of halogens is 1. The van der Waals surface area contributed by atoms with E-state index in [9.17, 15) is 4.79 Å². The molecule has 0 saturated carbocycles. The van der Waals surface area contributed by atoms with Crippen LogP contribution in [0, 0.1) is 0 Å². The van der Waals surface area contributed by atoms with Crippen LogP contribution in [0.15, 0.2) is 54.6 Å². The summed E-state index contributed by atoms with van der Waals surface area (Å²) < 4.78 is 12.4. The molecule has 35 heavy (non-hydrogen) atoms. The van der Waals surface area contributed by atoms with Gasteiger partial charge in [-0.2, -0.15) is 0 Å². The Morgan fingerprint density at radius 2 is 1.97 bits per heavy atom. The lowest BCUT2D eigenvalue weighted by Gasteiger charge is -2.28. The SMILES string of the molecule is CCOc1ccc2ccccc2c1C(=O)N(CCCN1CCOCC1)c1nc2c(Cl)cccc2s1. The Kier molecular flexibility index (Phi) is 7.48. The number of fused-ring (bicyclic) bond motifs is 2. The van der Waals surface area contributed by atoms with Crippen molar-refractivity contribution in [2.75, 3.05) is 50.9 Å². The Hall–Kier alpha value is -2.71. The average molecular weight is 510 g/mol. The molecule has 0 unspecified atom stereocenters. The number of para-hydroxylation sites is 1. The molecule has 1 saturated heterocycles. The number of carbonyl (C=O) groups is 1. The first-order chi connectivity index (χ1) is 17.2. The van der Waals surface area contributed by atoms with Crippen LogP contribution < -0.4 is 9.64 Å². The maximum absolute atomic E-state index is 14.2. The van der Waals surface area contributed by atoms with Crippen molar-refractivity contribution < 1.29 is 14.3 Å². The minimum Gasteiger partial charge on any atom is -0.493 e. The van der Waals surface area contributed by atoms with E-state index in [-0.39, 0.29) is 5.91 Å². The highest BCUT2D eigenvalue weighted by atomic mass is 35.5. The summed E-state index contributed by atoms with van der Waals surface area (Å²) in [5.41, 5.74) is 1.30. The van der Waals surface area contributed by atoms with Gasteiger partial charge in [-0.05, 0) is 42.3 Å². The predicted octanol–water partition coefficient (Wildman–Crippen LogP) is 5.87. The van der Waals surface area contributed by atoms with Gasteiger partial charge in [-0.1, -0.05) is 59.3 Å². The highest BCUT2D eigenvalue weighted by Gasteiger charge is 2.26. The summed E-state index contributed by atoms with van der Waals surface area (Å²) in [4.78, 5) is 23.2. The maximum atomic E-state index is 14.2. The van der Waals surface area contributed by atoms with E-state index in [1.54, 1.807) is 4.90 Å². The smallest absolute Gasteiger partial charge is 0.264 e. The lowest BCUT2D eigenvalue weighted by Crippen LogP contribution is -2.39. The van der Waals surface area contributed by atoms with Gasteiger partial charge in [-0.15, -0.1) is 0 Å². The molecule has 0 aliphatic carbocycles. The fourth-order valence-corrected chi connectivity index (χ4v) is 5.75. The Morgan fingerprint density at radius 1 is 1.14 bits per heavy atom. The van der Waals surface area contributed by atoms with Crippen LogP contribution in [0.4, 0.5) is 5.13 Å². The summed E-state index contributed by atoms with van der Waals surface area (Å²) in [6.45, 7) is 7.20.